The van der Waals surface area contributed by atoms with Crippen LogP contribution in [0.4, 0.5) is 0 Å². The number of hydrogen-bond donors (Lipinski definition) is 3. The Hall–Kier alpha value is -1.15. The molecule has 0 rings (SSSR count). The first kappa shape index (κ1) is 18.9. The van der Waals surface area contributed by atoms with Gasteiger partial charge in [0.1, 0.15) is 6.04 Å². The third-order valence-electron chi connectivity index (χ3n) is 2.43. The topological polar surface area (TPSA) is 113 Å². The van der Waals surface area contributed by atoms with Crippen LogP contribution in [0.15, 0.2) is 0 Å². The highest BCUT2D eigenvalue weighted by atomic mass is 32.2. The van der Waals surface area contributed by atoms with Crippen LogP contribution in [0, 0.1) is 5.92 Å². The molecule has 7 nitrogen and oxygen atoms in total. The smallest absolute Gasteiger partial charge is 0.305 e. The highest BCUT2D eigenvalue weighted by Gasteiger charge is 2.29. The predicted octanol–water partition coefficient (Wildman–Crippen LogP) is 0.320. The average molecular weight is 308 g/mol. The van der Waals surface area contributed by atoms with Crippen molar-refractivity contribution in [3.8, 4) is 0 Å². The van der Waals surface area contributed by atoms with Crippen LogP contribution in [0.1, 0.15) is 40.5 Å². The van der Waals surface area contributed by atoms with Crippen molar-refractivity contribution in [2.75, 3.05) is 6.26 Å². The van der Waals surface area contributed by atoms with Crippen LogP contribution < -0.4 is 10.0 Å². The number of sulfonamides is 1. The van der Waals surface area contributed by atoms with Gasteiger partial charge in [-0.3, -0.25) is 9.59 Å². The van der Waals surface area contributed by atoms with Gasteiger partial charge in [-0.1, -0.05) is 13.8 Å². The zero-order valence-electron chi connectivity index (χ0n) is 12.6. The second-order valence-corrected chi connectivity index (χ2v) is 7.80. The molecule has 0 saturated heterocycles. The Labute approximate surface area is 120 Å². The summed E-state index contributed by atoms with van der Waals surface area (Å²) in [6.45, 7) is 6.89. The fourth-order valence-corrected chi connectivity index (χ4v) is 2.50. The predicted molar refractivity (Wildman–Crippen MR) is 75.7 cm³/mol. The number of carboxylic acids is 1. The van der Waals surface area contributed by atoms with Crippen molar-refractivity contribution in [1.29, 1.82) is 0 Å². The van der Waals surface area contributed by atoms with Gasteiger partial charge in [0, 0.05) is 5.54 Å². The minimum atomic E-state index is -3.52. The molecule has 0 aromatic heterocycles. The molecule has 8 heteroatoms. The molecule has 0 fully saturated rings. The average Bonchev–Trinajstić information content (AvgIpc) is 2.09. The third-order valence-corrected chi connectivity index (χ3v) is 3.15. The van der Waals surface area contributed by atoms with Crippen LogP contribution in [0.25, 0.3) is 0 Å². The lowest BCUT2D eigenvalue weighted by atomic mass is 9.98. The van der Waals surface area contributed by atoms with Crippen molar-refractivity contribution >= 4 is 21.9 Å². The monoisotopic (exact) mass is 308 g/mol. The maximum absolute atomic E-state index is 12.1. The van der Waals surface area contributed by atoms with Crippen molar-refractivity contribution in [1.82, 2.24) is 10.0 Å². The molecule has 0 heterocycles. The van der Waals surface area contributed by atoms with Crippen LogP contribution in [-0.4, -0.2) is 43.2 Å². The van der Waals surface area contributed by atoms with Gasteiger partial charge in [-0.15, -0.1) is 0 Å². The molecule has 118 valence electrons. The lowest BCUT2D eigenvalue weighted by Gasteiger charge is -2.28. The van der Waals surface area contributed by atoms with E-state index >= 15 is 0 Å². The third kappa shape index (κ3) is 8.87. The molecule has 1 amide bonds. The van der Waals surface area contributed by atoms with Crippen molar-refractivity contribution in [3.05, 3.63) is 0 Å². The summed E-state index contributed by atoms with van der Waals surface area (Å²) in [6, 6.07) is -0.905. The Balaban J connectivity index is 4.91. The molecule has 0 aliphatic carbocycles. The van der Waals surface area contributed by atoms with E-state index in [1.165, 1.54) is 0 Å². The molecule has 0 spiro atoms. The highest BCUT2D eigenvalue weighted by molar-refractivity contribution is 7.88. The summed E-state index contributed by atoms with van der Waals surface area (Å²) in [5, 5.41) is 11.3. The molecule has 0 aliphatic heterocycles. The van der Waals surface area contributed by atoms with E-state index in [0.29, 0.717) is 6.42 Å². The van der Waals surface area contributed by atoms with Gasteiger partial charge in [-0.05, 0) is 26.2 Å². The first-order chi connectivity index (χ1) is 8.82. The first-order valence-electron chi connectivity index (χ1n) is 6.33. The van der Waals surface area contributed by atoms with E-state index in [9.17, 15) is 18.0 Å². The summed E-state index contributed by atoms with van der Waals surface area (Å²) in [7, 11) is -3.52. The molecule has 3 N–H and O–H groups in total. The van der Waals surface area contributed by atoms with E-state index in [1.807, 2.05) is 13.8 Å². The highest BCUT2D eigenvalue weighted by Crippen LogP contribution is 2.11. The van der Waals surface area contributed by atoms with Gasteiger partial charge >= 0.3 is 5.97 Å². The zero-order valence-corrected chi connectivity index (χ0v) is 13.4. The van der Waals surface area contributed by atoms with Crippen LogP contribution in [0.2, 0.25) is 0 Å². The Morgan fingerprint density at radius 3 is 2.10 bits per heavy atom. The normalized spacial score (nSPS) is 14.1. The maximum atomic E-state index is 12.1. The fourth-order valence-electron chi connectivity index (χ4n) is 1.78. The maximum Gasteiger partial charge on any atom is 0.305 e. The molecule has 0 aliphatic rings. The summed E-state index contributed by atoms with van der Waals surface area (Å²) in [6.07, 6.45) is 1.07. The van der Waals surface area contributed by atoms with Gasteiger partial charge in [0.25, 0.3) is 0 Å². The SMILES string of the molecule is CC(C)CC(NS(C)(=O)=O)C(=O)NC(C)(C)CC(=O)O. The standard InChI is InChI=1S/C12H24N2O5S/c1-8(2)6-9(14-20(5,18)19)11(17)13-12(3,4)7-10(15)16/h8-9,14H,6-7H2,1-5H3,(H,13,17)(H,15,16). The first-order valence-corrected chi connectivity index (χ1v) is 8.22. The van der Waals surface area contributed by atoms with E-state index in [0.717, 1.165) is 6.26 Å². The van der Waals surface area contributed by atoms with Gasteiger partial charge in [0.05, 0.1) is 12.7 Å². The number of carbonyl (C=O) groups excluding carboxylic acids is 1. The second kappa shape index (κ2) is 7.03. The summed E-state index contributed by atoms with van der Waals surface area (Å²) >= 11 is 0. The molecule has 0 bridgehead atoms. The number of hydrogen-bond acceptors (Lipinski definition) is 4. The molecule has 0 aromatic carbocycles. The largest absolute Gasteiger partial charge is 0.481 e. The van der Waals surface area contributed by atoms with Crippen LogP contribution in [0.5, 0.6) is 0 Å². The summed E-state index contributed by atoms with van der Waals surface area (Å²) in [5.41, 5.74) is -0.947. The number of carboxylic acid groups (broad SMARTS) is 1. The Bertz CT molecular complexity index is 456. The molecule has 20 heavy (non-hydrogen) atoms. The Kier molecular flexibility index (Phi) is 6.63. The van der Waals surface area contributed by atoms with Crippen LogP contribution in [0.3, 0.4) is 0 Å². The summed E-state index contributed by atoms with van der Waals surface area (Å²) in [5.74, 6) is -1.44. The van der Waals surface area contributed by atoms with Gasteiger partial charge in [-0.2, -0.15) is 0 Å². The number of rotatable bonds is 8. The van der Waals surface area contributed by atoms with E-state index in [-0.39, 0.29) is 12.3 Å². The van der Waals surface area contributed by atoms with Gasteiger partial charge < -0.3 is 10.4 Å². The fraction of sp³-hybridized carbons (Fsp3) is 0.833. The van der Waals surface area contributed by atoms with Crippen molar-refractivity contribution in [2.24, 2.45) is 5.92 Å². The quantitative estimate of drug-likeness (QED) is 0.598. The van der Waals surface area contributed by atoms with Gasteiger partial charge in [0.15, 0.2) is 0 Å². The van der Waals surface area contributed by atoms with Gasteiger partial charge in [0.2, 0.25) is 15.9 Å². The minimum Gasteiger partial charge on any atom is -0.481 e. The molecule has 0 aromatic rings. The number of amides is 1. The second-order valence-electron chi connectivity index (χ2n) is 6.02. The zero-order chi connectivity index (χ0) is 16.1. The van der Waals surface area contributed by atoms with E-state index in [4.69, 9.17) is 5.11 Å². The van der Waals surface area contributed by atoms with Gasteiger partial charge in [-0.25, -0.2) is 13.1 Å². The molecular weight excluding hydrogens is 284 g/mol. The Morgan fingerprint density at radius 2 is 1.75 bits per heavy atom. The van der Waals surface area contributed by atoms with Crippen molar-refractivity contribution in [3.63, 3.8) is 0 Å². The molecule has 1 atom stereocenters. The minimum absolute atomic E-state index is 0.114. The van der Waals surface area contributed by atoms with Crippen LogP contribution in [-0.2, 0) is 19.6 Å². The number of aliphatic carboxylic acids is 1. The lowest BCUT2D eigenvalue weighted by molar-refractivity contribution is -0.138. The Morgan fingerprint density at radius 1 is 1.25 bits per heavy atom. The van der Waals surface area contributed by atoms with Crippen molar-refractivity contribution < 1.29 is 23.1 Å². The van der Waals surface area contributed by atoms with Crippen LogP contribution >= 0.6 is 0 Å². The number of carbonyl (C=O) groups is 2. The van der Waals surface area contributed by atoms with E-state index in [1.54, 1.807) is 13.8 Å². The number of nitrogens with one attached hydrogen (secondary N) is 2. The summed E-state index contributed by atoms with van der Waals surface area (Å²) in [4.78, 5) is 22.8. The lowest BCUT2D eigenvalue weighted by Crippen LogP contribution is -2.54. The molecule has 0 radical (unpaired) electrons. The van der Waals surface area contributed by atoms with E-state index < -0.39 is 33.5 Å². The summed E-state index contributed by atoms with van der Waals surface area (Å²) < 4.78 is 24.8. The van der Waals surface area contributed by atoms with E-state index in [2.05, 4.69) is 10.0 Å². The molecular formula is C12H24N2O5S. The molecule has 1 unspecified atom stereocenters. The molecule has 0 saturated carbocycles. The van der Waals surface area contributed by atoms with Crippen molar-refractivity contribution in [2.45, 2.75) is 52.1 Å².